The zero-order chi connectivity index (χ0) is 12.8. The van der Waals surface area contributed by atoms with Crippen molar-refractivity contribution in [2.75, 3.05) is 13.1 Å². The van der Waals surface area contributed by atoms with Crippen LogP contribution in [0.4, 0.5) is 0 Å². The fourth-order valence-electron chi connectivity index (χ4n) is 2.45. The molecular formula is C15H18N2O. The second-order valence-corrected chi connectivity index (χ2v) is 4.83. The van der Waals surface area contributed by atoms with Gasteiger partial charge < -0.3 is 0 Å². The molecule has 1 fully saturated rings. The maximum atomic E-state index is 11.8. The minimum absolute atomic E-state index is 0.0575. The fraction of sp³-hybridized carbons (Fsp3) is 0.467. The van der Waals surface area contributed by atoms with Gasteiger partial charge in [-0.15, -0.1) is 0 Å². The number of hydrogen-bond acceptors (Lipinski definition) is 3. The summed E-state index contributed by atoms with van der Waals surface area (Å²) in [7, 11) is 0. The lowest BCUT2D eigenvalue weighted by molar-refractivity contribution is -0.126. The predicted octanol–water partition coefficient (Wildman–Crippen LogP) is 2.38. The Bertz CT molecular complexity index is 436. The van der Waals surface area contributed by atoms with Crippen molar-refractivity contribution < 1.29 is 4.79 Å². The zero-order valence-electron chi connectivity index (χ0n) is 10.5. The molecule has 1 aliphatic heterocycles. The van der Waals surface area contributed by atoms with Gasteiger partial charge in [0.15, 0.2) is 0 Å². The smallest absolute Gasteiger partial charge is 0.138 e. The van der Waals surface area contributed by atoms with E-state index in [4.69, 9.17) is 5.26 Å². The average Bonchev–Trinajstić information content (AvgIpc) is 2.40. The molecule has 0 N–H and O–H groups in total. The van der Waals surface area contributed by atoms with Crippen LogP contribution in [0.1, 0.15) is 24.8 Å². The molecule has 0 aromatic heterocycles. The SMILES string of the molecule is N#CCC[C@@H]1CN(Cc2ccccc2)CCC1=O. The number of ketones is 1. The Balaban J connectivity index is 1.91. The number of carbonyl (C=O) groups excluding carboxylic acids is 1. The first-order chi connectivity index (χ1) is 8.79. The highest BCUT2D eigenvalue weighted by Gasteiger charge is 2.26. The first kappa shape index (κ1) is 12.8. The standard InChI is InChI=1S/C15H18N2O/c16-9-4-7-14-12-17(10-8-15(14)18)11-13-5-2-1-3-6-13/h1-3,5-6,14H,4,7-8,10-12H2/t14-/m1/s1. The summed E-state index contributed by atoms with van der Waals surface area (Å²) in [5.74, 6) is 0.386. The first-order valence-corrected chi connectivity index (χ1v) is 6.45. The van der Waals surface area contributed by atoms with Crippen LogP contribution in [0.5, 0.6) is 0 Å². The van der Waals surface area contributed by atoms with Crippen LogP contribution in [-0.2, 0) is 11.3 Å². The molecule has 0 unspecified atom stereocenters. The molecule has 1 heterocycles. The lowest BCUT2D eigenvalue weighted by Crippen LogP contribution is -2.40. The second-order valence-electron chi connectivity index (χ2n) is 4.83. The van der Waals surface area contributed by atoms with E-state index in [0.717, 1.165) is 19.6 Å². The number of nitrogens with zero attached hydrogens (tertiary/aromatic N) is 2. The van der Waals surface area contributed by atoms with Gasteiger partial charge in [0.25, 0.3) is 0 Å². The molecule has 1 aromatic rings. The zero-order valence-corrected chi connectivity index (χ0v) is 10.5. The third kappa shape index (κ3) is 3.41. The lowest BCUT2D eigenvalue weighted by atomic mass is 9.92. The molecule has 1 atom stereocenters. The molecule has 3 heteroatoms. The molecule has 0 amide bonds. The molecule has 2 rings (SSSR count). The van der Waals surface area contributed by atoms with Crippen LogP contribution in [0.3, 0.4) is 0 Å². The molecule has 0 spiro atoms. The number of Topliss-reactive ketones (excluding diaryl/α,β-unsaturated/α-hetero) is 1. The van der Waals surface area contributed by atoms with E-state index in [1.165, 1.54) is 5.56 Å². The van der Waals surface area contributed by atoms with Gasteiger partial charge >= 0.3 is 0 Å². The molecule has 0 bridgehead atoms. The van der Waals surface area contributed by atoms with Crippen LogP contribution >= 0.6 is 0 Å². The number of rotatable bonds is 4. The molecule has 3 nitrogen and oxygen atoms in total. The van der Waals surface area contributed by atoms with E-state index in [0.29, 0.717) is 25.0 Å². The Morgan fingerprint density at radius 2 is 2.11 bits per heavy atom. The van der Waals surface area contributed by atoms with Gasteiger partial charge in [-0.25, -0.2) is 0 Å². The van der Waals surface area contributed by atoms with Crippen LogP contribution < -0.4 is 0 Å². The molecule has 1 aromatic carbocycles. The van der Waals surface area contributed by atoms with Gasteiger partial charge in [-0.2, -0.15) is 5.26 Å². The van der Waals surface area contributed by atoms with Gasteiger partial charge in [-0.3, -0.25) is 9.69 Å². The molecule has 0 radical (unpaired) electrons. The third-order valence-corrected chi connectivity index (χ3v) is 3.46. The van der Waals surface area contributed by atoms with E-state index in [2.05, 4.69) is 23.1 Å². The molecule has 1 saturated heterocycles. The van der Waals surface area contributed by atoms with Crippen molar-refractivity contribution in [2.24, 2.45) is 5.92 Å². The normalized spacial score (nSPS) is 20.6. The molecule has 0 saturated carbocycles. The van der Waals surface area contributed by atoms with Crippen LogP contribution in [0.2, 0.25) is 0 Å². The van der Waals surface area contributed by atoms with Crippen molar-refractivity contribution in [3.63, 3.8) is 0 Å². The number of nitriles is 1. The van der Waals surface area contributed by atoms with Gasteiger partial charge in [0.2, 0.25) is 0 Å². The summed E-state index contributed by atoms with van der Waals surface area (Å²) < 4.78 is 0. The average molecular weight is 242 g/mol. The maximum Gasteiger partial charge on any atom is 0.138 e. The van der Waals surface area contributed by atoms with Crippen molar-refractivity contribution in [1.29, 1.82) is 5.26 Å². The summed E-state index contributed by atoms with van der Waals surface area (Å²) in [5, 5.41) is 8.61. The van der Waals surface area contributed by atoms with Crippen molar-refractivity contribution in [1.82, 2.24) is 4.90 Å². The fourth-order valence-corrected chi connectivity index (χ4v) is 2.45. The van der Waals surface area contributed by atoms with E-state index in [-0.39, 0.29) is 5.92 Å². The Kier molecular flexibility index (Phi) is 4.49. The van der Waals surface area contributed by atoms with Crippen molar-refractivity contribution in [3.05, 3.63) is 35.9 Å². The van der Waals surface area contributed by atoms with Crippen LogP contribution in [0.25, 0.3) is 0 Å². The minimum Gasteiger partial charge on any atom is -0.299 e. The number of hydrogen-bond donors (Lipinski definition) is 0. The number of carbonyl (C=O) groups is 1. The van der Waals surface area contributed by atoms with Gasteiger partial charge in [0.05, 0.1) is 6.07 Å². The van der Waals surface area contributed by atoms with Gasteiger partial charge in [-0.05, 0) is 12.0 Å². The largest absolute Gasteiger partial charge is 0.299 e. The highest BCUT2D eigenvalue weighted by Crippen LogP contribution is 2.19. The third-order valence-electron chi connectivity index (χ3n) is 3.46. The summed E-state index contributed by atoms with van der Waals surface area (Å²) in [6.45, 7) is 2.55. The van der Waals surface area contributed by atoms with Crippen LogP contribution in [0, 0.1) is 17.2 Å². The van der Waals surface area contributed by atoms with E-state index in [1.807, 2.05) is 18.2 Å². The molecular weight excluding hydrogens is 224 g/mol. The molecule has 94 valence electrons. The Morgan fingerprint density at radius 1 is 1.33 bits per heavy atom. The first-order valence-electron chi connectivity index (χ1n) is 6.45. The highest BCUT2D eigenvalue weighted by atomic mass is 16.1. The summed E-state index contributed by atoms with van der Waals surface area (Å²) >= 11 is 0. The lowest BCUT2D eigenvalue weighted by Gasteiger charge is -2.31. The summed E-state index contributed by atoms with van der Waals surface area (Å²) in [6, 6.07) is 12.4. The summed E-state index contributed by atoms with van der Waals surface area (Å²) in [5.41, 5.74) is 1.28. The van der Waals surface area contributed by atoms with Crippen LogP contribution in [0.15, 0.2) is 30.3 Å². The molecule has 1 aliphatic rings. The molecule has 18 heavy (non-hydrogen) atoms. The Labute approximate surface area is 108 Å². The maximum absolute atomic E-state index is 11.8. The van der Waals surface area contributed by atoms with Gasteiger partial charge in [0.1, 0.15) is 5.78 Å². The monoisotopic (exact) mass is 242 g/mol. The van der Waals surface area contributed by atoms with Crippen molar-refractivity contribution in [2.45, 2.75) is 25.8 Å². The molecule has 0 aliphatic carbocycles. The topological polar surface area (TPSA) is 44.1 Å². The Hall–Kier alpha value is -1.66. The number of piperidine rings is 1. The van der Waals surface area contributed by atoms with E-state index in [1.54, 1.807) is 0 Å². The Morgan fingerprint density at radius 3 is 2.83 bits per heavy atom. The summed E-state index contributed by atoms with van der Waals surface area (Å²) in [4.78, 5) is 14.1. The number of benzene rings is 1. The van der Waals surface area contributed by atoms with E-state index < -0.39 is 0 Å². The number of likely N-dealkylation sites (tertiary alicyclic amines) is 1. The van der Waals surface area contributed by atoms with Gasteiger partial charge in [0, 0.05) is 38.4 Å². The minimum atomic E-state index is 0.0575. The van der Waals surface area contributed by atoms with Crippen molar-refractivity contribution >= 4 is 5.78 Å². The van der Waals surface area contributed by atoms with E-state index >= 15 is 0 Å². The van der Waals surface area contributed by atoms with Crippen LogP contribution in [-0.4, -0.2) is 23.8 Å². The summed E-state index contributed by atoms with van der Waals surface area (Å²) in [6.07, 6.45) is 1.82. The predicted molar refractivity (Wildman–Crippen MR) is 69.7 cm³/mol. The van der Waals surface area contributed by atoms with Gasteiger partial charge in [-0.1, -0.05) is 30.3 Å². The highest BCUT2D eigenvalue weighted by molar-refractivity contribution is 5.82. The van der Waals surface area contributed by atoms with Crippen molar-refractivity contribution in [3.8, 4) is 6.07 Å². The quantitative estimate of drug-likeness (QED) is 0.814. The second kappa shape index (κ2) is 6.32. The van der Waals surface area contributed by atoms with E-state index in [9.17, 15) is 4.79 Å².